The number of carbonyl (C=O) groups excluding carboxylic acids is 2. The highest BCUT2D eigenvalue weighted by Crippen LogP contribution is 2.44. The molecule has 6 heteroatoms. The van der Waals surface area contributed by atoms with E-state index in [1.165, 1.54) is 0 Å². The van der Waals surface area contributed by atoms with Gasteiger partial charge in [-0.1, -0.05) is 25.1 Å². The molecule has 0 spiro atoms. The lowest BCUT2D eigenvalue weighted by molar-refractivity contribution is -0.122. The van der Waals surface area contributed by atoms with Crippen molar-refractivity contribution in [1.82, 2.24) is 5.32 Å². The van der Waals surface area contributed by atoms with Crippen molar-refractivity contribution in [3.63, 3.8) is 0 Å². The zero-order valence-electron chi connectivity index (χ0n) is 17.5. The summed E-state index contributed by atoms with van der Waals surface area (Å²) < 4.78 is 16.5. The van der Waals surface area contributed by atoms with E-state index in [0.29, 0.717) is 30.9 Å². The van der Waals surface area contributed by atoms with Crippen molar-refractivity contribution in [2.75, 3.05) is 13.4 Å². The molecule has 0 bridgehead atoms. The second-order valence-corrected chi connectivity index (χ2v) is 8.26. The highest BCUT2D eigenvalue weighted by molar-refractivity contribution is 6.02. The number of hydrogen-bond donors (Lipinski definition) is 1. The number of fused-ring (bicyclic) bond motifs is 1. The third-order valence-electron chi connectivity index (χ3n) is 6.16. The molecule has 2 aromatic rings. The van der Waals surface area contributed by atoms with Crippen LogP contribution in [0.1, 0.15) is 55.6 Å². The molecule has 31 heavy (non-hydrogen) atoms. The standard InChI is InChI=1S/C25H25NO5/c1-2-9-29-18-6-3-15(4-7-18)17-10-20-25(21(27)11-17)19(13-24(28)26-20)16-5-8-22-23(12-16)31-14-30-22/h3-8,12,17,19H,2,9-11,13-14H2,1H3,(H,26,28). The van der Waals surface area contributed by atoms with Gasteiger partial charge in [0.05, 0.1) is 6.61 Å². The van der Waals surface area contributed by atoms with Gasteiger partial charge in [-0.15, -0.1) is 0 Å². The van der Waals surface area contributed by atoms with Crippen LogP contribution in [-0.2, 0) is 9.59 Å². The van der Waals surface area contributed by atoms with E-state index in [2.05, 4.69) is 12.2 Å². The molecule has 2 unspecified atom stereocenters. The maximum atomic E-state index is 13.3. The molecule has 1 amide bonds. The molecule has 0 saturated heterocycles. The average Bonchev–Trinajstić information content (AvgIpc) is 3.25. The normalized spacial score (nSPS) is 22.2. The summed E-state index contributed by atoms with van der Waals surface area (Å²) in [5.74, 6) is 2.02. The van der Waals surface area contributed by atoms with Crippen LogP contribution in [0.4, 0.5) is 0 Å². The van der Waals surface area contributed by atoms with Crippen molar-refractivity contribution >= 4 is 11.7 Å². The Morgan fingerprint density at radius 2 is 1.74 bits per heavy atom. The fraction of sp³-hybridized carbons (Fsp3) is 0.360. The molecular formula is C25H25NO5. The van der Waals surface area contributed by atoms with Crippen molar-refractivity contribution in [1.29, 1.82) is 0 Å². The van der Waals surface area contributed by atoms with E-state index >= 15 is 0 Å². The molecule has 2 atom stereocenters. The van der Waals surface area contributed by atoms with Gasteiger partial charge in [0.15, 0.2) is 17.3 Å². The molecule has 160 valence electrons. The first-order valence-corrected chi connectivity index (χ1v) is 10.8. The second kappa shape index (κ2) is 8.10. The zero-order chi connectivity index (χ0) is 21.4. The van der Waals surface area contributed by atoms with Crippen molar-refractivity contribution in [3.8, 4) is 17.2 Å². The lowest BCUT2D eigenvalue weighted by atomic mass is 9.73. The number of Topliss-reactive ketones (excluding diaryl/α,β-unsaturated/α-hetero) is 1. The average molecular weight is 419 g/mol. The maximum Gasteiger partial charge on any atom is 0.231 e. The molecule has 2 aromatic carbocycles. The molecule has 0 radical (unpaired) electrons. The van der Waals surface area contributed by atoms with E-state index in [0.717, 1.165) is 34.6 Å². The van der Waals surface area contributed by atoms with E-state index in [4.69, 9.17) is 14.2 Å². The topological polar surface area (TPSA) is 73.9 Å². The van der Waals surface area contributed by atoms with Gasteiger partial charge < -0.3 is 19.5 Å². The first-order chi connectivity index (χ1) is 15.1. The van der Waals surface area contributed by atoms with Crippen LogP contribution in [-0.4, -0.2) is 25.1 Å². The van der Waals surface area contributed by atoms with Gasteiger partial charge in [-0.25, -0.2) is 0 Å². The number of carbonyl (C=O) groups is 2. The number of allylic oxidation sites excluding steroid dienone is 2. The fourth-order valence-electron chi connectivity index (χ4n) is 4.67. The predicted octanol–water partition coefficient (Wildman–Crippen LogP) is 4.21. The van der Waals surface area contributed by atoms with Crippen LogP contribution in [0.3, 0.4) is 0 Å². The van der Waals surface area contributed by atoms with Gasteiger partial charge in [0.1, 0.15) is 5.75 Å². The number of hydrogen-bond acceptors (Lipinski definition) is 5. The quantitative estimate of drug-likeness (QED) is 0.786. The number of rotatable bonds is 5. The van der Waals surface area contributed by atoms with E-state index < -0.39 is 0 Å². The Kier molecular flexibility index (Phi) is 5.14. The van der Waals surface area contributed by atoms with Gasteiger partial charge in [-0.05, 0) is 54.2 Å². The van der Waals surface area contributed by atoms with Crippen LogP contribution in [0.15, 0.2) is 53.7 Å². The fourth-order valence-corrected chi connectivity index (χ4v) is 4.67. The predicted molar refractivity (Wildman–Crippen MR) is 114 cm³/mol. The Bertz CT molecular complexity index is 1060. The summed E-state index contributed by atoms with van der Waals surface area (Å²) in [7, 11) is 0. The number of amides is 1. The summed E-state index contributed by atoms with van der Waals surface area (Å²) in [4.78, 5) is 25.8. The molecule has 1 aliphatic carbocycles. The first-order valence-electron chi connectivity index (χ1n) is 10.8. The highest BCUT2D eigenvalue weighted by atomic mass is 16.7. The summed E-state index contributed by atoms with van der Waals surface area (Å²) in [6.45, 7) is 2.95. The third-order valence-corrected chi connectivity index (χ3v) is 6.16. The maximum absolute atomic E-state index is 13.3. The van der Waals surface area contributed by atoms with Crippen molar-refractivity contribution in [2.24, 2.45) is 0 Å². The largest absolute Gasteiger partial charge is 0.494 e. The Labute approximate surface area is 181 Å². The molecule has 5 rings (SSSR count). The van der Waals surface area contributed by atoms with Crippen LogP contribution in [0.5, 0.6) is 17.2 Å². The molecule has 0 fully saturated rings. The molecule has 2 heterocycles. The minimum atomic E-state index is -0.253. The van der Waals surface area contributed by atoms with Crippen LogP contribution in [0.2, 0.25) is 0 Å². The van der Waals surface area contributed by atoms with Crippen molar-refractivity contribution in [3.05, 3.63) is 64.9 Å². The van der Waals surface area contributed by atoms with Crippen molar-refractivity contribution in [2.45, 2.75) is 44.4 Å². The summed E-state index contributed by atoms with van der Waals surface area (Å²) in [6, 6.07) is 13.6. The Morgan fingerprint density at radius 3 is 2.55 bits per heavy atom. The number of ether oxygens (including phenoxy) is 3. The van der Waals surface area contributed by atoms with Crippen LogP contribution < -0.4 is 19.5 Å². The van der Waals surface area contributed by atoms with E-state index in [1.807, 2.05) is 42.5 Å². The first kappa shape index (κ1) is 19.7. The third kappa shape index (κ3) is 3.78. The summed E-state index contributed by atoms with van der Waals surface area (Å²) in [6.07, 6.45) is 2.30. The van der Waals surface area contributed by atoms with Crippen LogP contribution in [0, 0.1) is 0 Å². The Hall–Kier alpha value is -3.28. The molecule has 3 aliphatic rings. The number of nitrogens with one attached hydrogen (secondary N) is 1. The molecule has 1 N–H and O–H groups in total. The van der Waals surface area contributed by atoms with Gasteiger partial charge in [-0.2, -0.15) is 0 Å². The van der Waals surface area contributed by atoms with E-state index in [9.17, 15) is 9.59 Å². The highest BCUT2D eigenvalue weighted by Gasteiger charge is 2.38. The van der Waals surface area contributed by atoms with Gasteiger partial charge in [0.25, 0.3) is 0 Å². The lowest BCUT2D eigenvalue weighted by Crippen LogP contribution is -2.38. The molecule has 0 aromatic heterocycles. The molecule has 0 saturated carbocycles. The van der Waals surface area contributed by atoms with Crippen LogP contribution in [0.25, 0.3) is 0 Å². The van der Waals surface area contributed by atoms with Crippen molar-refractivity contribution < 1.29 is 23.8 Å². The SMILES string of the molecule is CCCOc1ccc(C2CC(=O)C3=C(C2)NC(=O)CC3c2ccc3c(c2)OCO3)cc1. The van der Waals surface area contributed by atoms with E-state index in [-0.39, 0.29) is 36.7 Å². The monoisotopic (exact) mass is 419 g/mol. The van der Waals surface area contributed by atoms with Crippen LogP contribution >= 0.6 is 0 Å². The minimum absolute atomic E-state index is 0.0438. The molecule has 2 aliphatic heterocycles. The van der Waals surface area contributed by atoms with Gasteiger partial charge in [-0.3, -0.25) is 9.59 Å². The molecular weight excluding hydrogens is 394 g/mol. The number of ketones is 1. The van der Waals surface area contributed by atoms with E-state index in [1.54, 1.807) is 0 Å². The summed E-state index contributed by atoms with van der Waals surface area (Å²) in [5.41, 5.74) is 3.49. The van der Waals surface area contributed by atoms with Gasteiger partial charge >= 0.3 is 0 Å². The molecule has 6 nitrogen and oxygen atoms in total. The van der Waals surface area contributed by atoms with Gasteiger partial charge in [0.2, 0.25) is 12.7 Å². The Morgan fingerprint density at radius 1 is 0.968 bits per heavy atom. The summed E-state index contributed by atoms with van der Waals surface area (Å²) in [5, 5.41) is 2.98. The zero-order valence-corrected chi connectivity index (χ0v) is 17.5. The Balaban J connectivity index is 1.42. The number of benzene rings is 2. The smallest absolute Gasteiger partial charge is 0.231 e. The van der Waals surface area contributed by atoms with Gasteiger partial charge in [0, 0.05) is 30.0 Å². The lowest BCUT2D eigenvalue weighted by Gasteiger charge is -2.34. The summed E-state index contributed by atoms with van der Waals surface area (Å²) >= 11 is 0. The minimum Gasteiger partial charge on any atom is -0.494 e. The second-order valence-electron chi connectivity index (χ2n) is 8.26.